The minimum atomic E-state index is 0. The molecule has 1 aromatic rings. The fourth-order valence-corrected chi connectivity index (χ4v) is 0.923. The third-order valence-electron chi connectivity index (χ3n) is 1.59. The number of aryl methyl sites for hydroxylation is 2. The van der Waals surface area contributed by atoms with Gasteiger partial charge in [0.05, 0.1) is 8.41 Å². The van der Waals surface area contributed by atoms with Crippen molar-refractivity contribution in [1.29, 1.82) is 0 Å². The first kappa shape index (κ1) is 10.2. The summed E-state index contributed by atoms with van der Waals surface area (Å²) in [6.45, 7) is 4.25. The van der Waals surface area contributed by atoms with Crippen LogP contribution < -0.4 is 0 Å². The van der Waals surface area contributed by atoms with Gasteiger partial charge in [-0.25, -0.2) is 0 Å². The molecule has 0 fully saturated rings. The van der Waals surface area contributed by atoms with Gasteiger partial charge in [0, 0.05) is 11.4 Å². The van der Waals surface area contributed by atoms with Gasteiger partial charge in [-0.3, -0.25) is 4.98 Å². The maximum atomic E-state index is 4.41. The first-order valence-corrected chi connectivity index (χ1v) is 3.81. The van der Waals surface area contributed by atoms with Gasteiger partial charge in [-0.2, -0.15) is 0 Å². The largest absolute Gasteiger partial charge is 0.258 e. The maximum absolute atomic E-state index is 4.41. The van der Waals surface area contributed by atoms with Crippen molar-refractivity contribution in [2.24, 2.45) is 0 Å². The van der Waals surface area contributed by atoms with Gasteiger partial charge in [-0.05, 0) is 25.0 Å². The number of nitrogens with zero attached hydrogens (tertiary/aromatic N) is 1. The average Bonchev–Trinajstić information content (AvgIpc) is 2.05. The van der Waals surface area contributed by atoms with Crippen molar-refractivity contribution >= 4 is 8.41 Å². The van der Waals surface area contributed by atoms with Crippen LogP contribution in [0.2, 0.25) is 0 Å². The van der Waals surface area contributed by atoms with Gasteiger partial charge in [-0.15, -0.1) is 0 Å². The topological polar surface area (TPSA) is 12.9 Å². The zero-order chi connectivity index (χ0) is 7.40. The van der Waals surface area contributed by atoms with E-state index in [1.807, 2.05) is 0 Å². The quantitative estimate of drug-likeness (QED) is 0.572. The summed E-state index contributed by atoms with van der Waals surface area (Å²) < 4.78 is 0. The van der Waals surface area contributed by atoms with Crippen LogP contribution in [0.1, 0.15) is 25.2 Å². The molecule has 1 nitrogen and oxygen atoms in total. The Kier molecular flexibility index (Phi) is 4.59. The van der Waals surface area contributed by atoms with Crippen LogP contribution in [0.4, 0.5) is 0 Å². The van der Waals surface area contributed by atoms with Crippen molar-refractivity contribution in [3.05, 3.63) is 29.6 Å². The maximum Gasteiger partial charge on any atom is 0.0814 e. The summed E-state index contributed by atoms with van der Waals surface area (Å²) in [4.78, 5) is 4.41. The van der Waals surface area contributed by atoms with E-state index in [0.717, 1.165) is 12.8 Å². The van der Waals surface area contributed by atoms with Gasteiger partial charge in [0.2, 0.25) is 0 Å². The molecule has 0 radical (unpaired) electrons. The first-order chi connectivity index (χ1) is 4.86. The van der Waals surface area contributed by atoms with Crippen LogP contribution in [0.3, 0.4) is 0 Å². The molecular formula is C9H16BN. The highest BCUT2D eigenvalue weighted by atomic mass is 14.7. The minimum absolute atomic E-state index is 0. The molecule has 0 aliphatic rings. The molecule has 11 heavy (non-hydrogen) atoms. The molecule has 0 saturated heterocycles. The van der Waals surface area contributed by atoms with Gasteiger partial charge < -0.3 is 0 Å². The molecule has 0 N–H and O–H groups in total. The van der Waals surface area contributed by atoms with E-state index in [2.05, 4.69) is 37.0 Å². The molecule has 0 atom stereocenters. The predicted molar refractivity (Wildman–Crippen MR) is 52.9 cm³/mol. The van der Waals surface area contributed by atoms with Crippen LogP contribution in [0.5, 0.6) is 0 Å². The Hall–Kier alpha value is -0.785. The lowest BCUT2D eigenvalue weighted by Gasteiger charge is -1.97. The van der Waals surface area contributed by atoms with Gasteiger partial charge in [0.15, 0.2) is 0 Å². The molecule has 60 valence electrons. The van der Waals surface area contributed by atoms with Gasteiger partial charge >= 0.3 is 0 Å². The number of pyridine rings is 1. The van der Waals surface area contributed by atoms with E-state index in [1.54, 1.807) is 0 Å². The summed E-state index contributed by atoms with van der Waals surface area (Å²) in [5.74, 6) is 0. The summed E-state index contributed by atoms with van der Waals surface area (Å²) in [5, 5.41) is 0. The zero-order valence-corrected chi connectivity index (χ0v) is 6.59. The molecule has 0 aromatic carbocycles. The third kappa shape index (κ3) is 2.75. The van der Waals surface area contributed by atoms with Crippen molar-refractivity contribution in [1.82, 2.24) is 4.98 Å². The highest BCUT2D eigenvalue weighted by Gasteiger charge is 1.91. The molecule has 1 aromatic heterocycles. The molecule has 0 spiro atoms. The van der Waals surface area contributed by atoms with Crippen LogP contribution in [0.15, 0.2) is 18.2 Å². The van der Waals surface area contributed by atoms with E-state index < -0.39 is 0 Å². The smallest absolute Gasteiger partial charge is 0.0814 e. The van der Waals surface area contributed by atoms with E-state index in [9.17, 15) is 0 Å². The van der Waals surface area contributed by atoms with Crippen LogP contribution >= 0.6 is 0 Å². The SMILES string of the molecule is B.CCc1cccc(CC)n1. The summed E-state index contributed by atoms with van der Waals surface area (Å²) >= 11 is 0. The molecule has 2 heteroatoms. The molecule has 0 saturated carbocycles. The van der Waals surface area contributed by atoms with E-state index in [4.69, 9.17) is 0 Å². The second-order valence-electron chi connectivity index (χ2n) is 2.33. The second kappa shape index (κ2) is 4.94. The summed E-state index contributed by atoms with van der Waals surface area (Å²) in [5.41, 5.74) is 2.39. The fraction of sp³-hybridized carbons (Fsp3) is 0.444. The van der Waals surface area contributed by atoms with Crippen molar-refractivity contribution in [2.45, 2.75) is 26.7 Å². The van der Waals surface area contributed by atoms with Crippen molar-refractivity contribution in [3.8, 4) is 0 Å². The molecule has 0 bridgehead atoms. The number of hydrogen-bond acceptors (Lipinski definition) is 1. The molecule has 1 rings (SSSR count). The van der Waals surface area contributed by atoms with Crippen molar-refractivity contribution < 1.29 is 0 Å². The molecule has 0 amide bonds. The Balaban J connectivity index is 0.000001000. The van der Waals surface area contributed by atoms with Crippen molar-refractivity contribution in [3.63, 3.8) is 0 Å². The van der Waals surface area contributed by atoms with Gasteiger partial charge in [0.1, 0.15) is 0 Å². The summed E-state index contributed by atoms with van der Waals surface area (Å²) in [6, 6.07) is 6.21. The zero-order valence-electron chi connectivity index (χ0n) is 6.59. The highest BCUT2D eigenvalue weighted by molar-refractivity contribution is 5.75. The van der Waals surface area contributed by atoms with E-state index in [-0.39, 0.29) is 8.41 Å². The molecule has 1 heterocycles. The Bertz CT molecular complexity index is 191. The lowest BCUT2D eigenvalue weighted by atomic mass is 10.2. The summed E-state index contributed by atoms with van der Waals surface area (Å²) in [7, 11) is 0. The molecule has 0 aliphatic carbocycles. The fourth-order valence-electron chi connectivity index (χ4n) is 0.923. The lowest BCUT2D eigenvalue weighted by molar-refractivity contribution is 0.955. The minimum Gasteiger partial charge on any atom is -0.258 e. The van der Waals surface area contributed by atoms with Gasteiger partial charge in [0.25, 0.3) is 0 Å². The van der Waals surface area contributed by atoms with Crippen LogP contribution in [-0.2, 0) is 12.8 Å². The Morgan fingerprint density at radius 2 is 1.55 bits per heavy atom. The first-order valence-electron chi connectivity index (χ1n) is 3.81. The molecular weight excluding hydrogens is 133 g/mol. The lowest BCUT2D eigenvalue weighted by Crippen LogP contribution is -1.91. The Labute approximate surface area is 70.4 Å². The van der Waals surface area contributed by atoms with Crippen LogP contribution in [0, 0.1) is 0 Å². The van der Waals surface area contributed by atoms with E-state index in [0.29, 0.717) is 0 Å². The monoisotopic (exact) mass is 149 g/mol. The number of aromatic nitrogens is 1. The predicted octanol–water partition coefficient (Wildman–Crippen LogP) is 1.02. The Morgan fingerprint density at radius 1 is 1.09 bits per heavy atom. The number of hydrogen-bond donors (Lipinski definition) is 0. The normalized spacial score (nSPS) is 8.91. The van der Waals surface area contributed by atoms with E-state index in [1.165, 1.54) is 11.4 Å². The van der Waals surface area contributed by atoms with E-state index >= 15 is 0 Å². The van der Waals surface area contributed by atoms with Crippen LogP contribution in [0.25, 0.3) is 0 Å². The third-order valence-corrected chi connectivity index (χ3v) is 1.59. The van der Waals surface area contributed by atoms with Crippen LogP contribution in [-0.4, -0.2) is 13.4 Å². The summed E-state index contributed by atoms with van der Waals surface area (Å²) in [6.07, 6.45) is 2.07. The molecule has 0 aliphatic heterocycles. The number of rotatable bonds is 2. The average molecular weight is 149 g/mol. The van der Waals surface area contributed by atoms with Crippen molar-refractivity contribution in [2.75, 3.05) is 0 Å². The van der Waals surface area contributed by atoms with Gasteiger partial charge in [-0.1, -0.05) is 19.9 Å². The second-order valence-corrected chi connectivity index (χ2v) is 2.33. The standard InChI is InChI=1S/C9H13N.BH3/c1-3-8-6-5-7-9(4-2)10-8;/h5-7H,3-4H2,1-2H3;1H3. The Morgan fingerprint density at radius 3 is 1.91 bits per heavy atom. The highest BCUT2D eigenvalue weighted by Crippen LogP contribution is 1.99. The molecule has 0 unspecified atom stereocenters.